The molecule has 0 bridgehead atoms. The second kappa shape index (κ2) is 5.60. The van der Waals surface area contributed by atoms with Crippen molar-refractivity contribution in [3.8, 4) is 11.5 Å². The molecule has 122 valence electrons. The van der Waals surface area contributed by atoms with Gasteiger partial charge in [0, 0.05) is 24.5 Å². The van der Waals surface area contributed by atoms with E-state index in [1.54, 1.807) is 0 Å². The lowest BCUT2D eigenvalue weighted by atomic mass is 10.1. The molecule has 2 aromatic carbocycles. The summed E-state index contributed by atoms with van der Waals surface area (Å²) in [6.07, 6.45) is 0. The van der Waals surface area contributed by atoms with E-state index in [4.69, 9.17) is 9.47 Å². The number of fused-ring (bicyclic) bond motifs is 2. The summed E-state index contributed by atoms with van der Waals surface area (Å²) in [4.78, 5) is 12.7. The van der Waals surface area contributed by atoms with Gasteiger partial charge in [0.05, 0.1) is 0 Å². The second-order valence-corrected chi connectivity index (χ2v) is 5.92. The summed E-state index contributed by atoms with van der Waals surface area (Å²) in [5.41, 5.74) is 3.72. The smallest absolute Gasteiger partial charge is 0.268 e. The van der Waals surface area contributed by atoms with Gasteiger partial charge in [0.2, 0.25) is 6.79 Å². The first-order valence-corrected chi connectivity index (χ1v) is 7.86. The molecule has 0 spiro atoms. The summed E-state index contributed by atoms with van der Waals surface area (Å²) in [7, 11) is 1.92. The predicted molar refractivity (Wildman–Crippen MR) is 91.4 cm³/mol. The van der Waals surface area contributed by atoms with Crippen molar-refractivity contribution in [3.63, 3.8) is 0 Å². The number of rotatable bonds is 3. The number of nitrogens with zero attached hydrogens (tertiary/aromatic N) is 1. The van der Waals surface area contributed by atoms with E-state index in [1.807, 2.05) is 61.0 Å². The molecule has 0 aliphatic carbocycles. The molecule has 1 N–H and O–H groups in total. The first-order chi connectivity index (χ1) is 11.6. The molecular formula is C19H18N2O3. The van der Waals surface area contributed by atoms with Crippen molar-refractivity contribution >= 4 is 16.8 Å². The molecule has 4 rings (SSSR count). The molecule has 2 heterocycles. The Labute approximate surface area is 139 Å². The first kappa shape index (κ1) is 14.6. The van der Waals surface area contributed by atoms with Crippen molar-refractivity contribution in [2.24, 2.45) is 7.05 Å². The van der Waals surface area contributed by atoms with Crippen LogP contribution in [0.1, 0.15) is 21.6 Å². The van der Waals surface area contributed by atoms with Crippen molar-refractivity contribution in [1.82, 2.24) is 9.88 Å². The van der Waals surface area contributed by atoms with Gasteiger partial charge in [-0.05, 0) is 36.2 Å². The number of aromatic nitrogens is 1. The Morgan fingerprint density at radius 1 is 1.17 bits per heavy atom. The molecule has 1 aromatic heterocycles. The Morgan fingerprint density at radius 2 is 1.96 bits per heavy atom. The number of hydrogen-bond acceptors (Lipinski definition) is 3. The van der Waals surface area contributed by atoms with E-state index in [2.05, 4.69) is 5.32 Å². The van der Waals surface area contributed by atoms with Crippen molar-refractivity contribution in [2.75, 3.05) is 6.79 Å². The van der Waals surface area contributed by atoms with Crippen LogP contribution in [0, 0.1) is 6.92 Å². The number of aryl methyl sites for hydroxylation is 2. The van der Waals surface area contributed by atoms with Crippen LogP contribution in [0.4, 0.5) is 0 Å². The fraction of sp³-hybridized carbons (Fsp3) is 0.211. The lowest BCUT2D eigenvalue weighted by Crippen LogP contribution is -2.25. The molecule has 0 fully saturated rings. The number of carbonyl (C=O) groups excluding carboxylic acids is 1. The zero-order chi connectivity index (χ0) is 16.7. The minimum absolute atomic E-state index is 0.0798. The molecule has 5 heteroatoms. The van der Waals surface area contributed by atoms with Gasteiger partial charge in [-0.2, -0.15) is 0 Å². The summed E-state index contributed by atoms with van der Waals surface area (Å²) in [5.74, 6) is 1.39. The molecule has 0 saturated carbocycles. The van der Waals surface area contributed by atoms with E-state index in [-0.39, 0.29) is 12.7 Å². The maximum Gasteiger partial charge on any atom is 0.268 e. The Hall–Kier alpha value is -2.95. The Morgan fingerprint density at radius 3 is 2.79 bits per heavy atom. The summed E-state index contributed by atoms with van der Waals surface area (Å²) >= 11 is 0. The summed E-state index contributed by atoms with van der Waals surface area (Å²) in [6, 6.07) is 13.7. The van der Waals surface area contributed by atoms with E-state index in [1.165, 1.54) is 0 Å². The standard InChI is InChI=1S/C19H18N2O3/c1-12-14-5-3-4-6-15(14)21(2)18(12)19(22)20-10-13-7-8-16-17(9-13)24-11-23-16/h3-9H,10-11H2,1-2H3,(H,20,22). The van der Waals surface area contributed by atoms with E-state index in [9.17, 15) is 4.79 Å². The molecule has 0 atom stereocenters. The molecule has 1 amide bonds. The van der Waals surface area contributed by atoms with Crippen LogP contribution in [0.2, 0.25) is 0 Å². The van der Waals surface area contributed by atoms with Crippen LogP contribution in [-0.4, -0.2) is 17.3 Å². The van der Waals surface area contributed by atoms with E-state index >= 15 is 0 Å². The normalized spacial score (nSPS) is 12.6. The average Bonchev–Trinajstić information content (AvgIpc) is 3.16. The Bertz CT molecular complexity index is 904. The number of amides is 1. The van der Waals surface area contributed by atoms with Crippen molar-refractivity contribution in [3.05, 3.63) is 59.3 Å². The quantitative estimate of drug-likeness (QED) is 0.806. The van der Waals surface area contributed by atoms with Crippen molar-refractivity contribution in [2.45, 2.75) is 13.5 Å². The first-order valence-electron chi connectivity index (χ1n) is 7.86. The van der Waals surface area contributed by atoms with Crippen LogP contribution in [0.15, 0.2) is 42.5 Å². The Balaban J connectivity index is 1.57. The molecule has 0 unspecified atom stereocenters. The molecule has 1 aliphatic heterocycles. The third-order valence-corrected chi connectivity index (χ3v) is 4.47. The van der Waals surface area contributed by atoms with Crippen LogP contribution in [0.25, 0.3) is 10.9 Å². The number of para-hydroxylation sites is 1. The zero-order valence-electron chi connectivity index (χ0n) is 13.6. The number of hydrogen-bond donors (Lipinski definition) is 1. The van der Waals surface area contributed by atoms with Gasteiger partial charge in [0.1, 0.15) is 5.69 Å². The minimum atomic E-state index is -0.0798. The van der Waals surface area contributed by atoms with Gasteiger partial charge in [-0.3, -0.25) is 4.79 Å². The monoisotopic (exact) mass is 322 g/mol. The summed E-state index contributed by atoms with van der Waals surface area (Å²) in [6.45, 7) is 2.68. The lowest BCUT2D eigenvalue weighted by Gasteiger charge is -2.08. The number of nitrogens with one attached hydrogen (secondary N) is 1. The highest BCUT2D eigenvalue weighted by molar-refractivity contribution is 6.01. The number of carbonyl (C=O) groups is 1. The van der Waals surface area contributed by atoms with Crippen molar-refractivity contribution in [1.29, 1.82) is 0 Å². The Kier molecular flexibility index (Phi) is 3.41. The maximum atomic E-state index is 12.7. The van der Waals surface area contributed by atoms with E-state index < -0.39 is 0 Å². The highest BCUT2D eigenvalue weighted by Gasteiger charge is 2.18. The molecule has 24 heavy (non-hydrogen) atoms. The van der Waals surface area contributed by atoms with Crippen LogP contribution >= 0.6 is 0 Å². The largest absolute Gasteiger partial charge is 0.454 e. The lowest BCUT2D eigenvalue weighted by molar-refractivity contribution is 0.0942. The summed E-state index contributed by atoms with van der Waals surface area (Å²) in [5, 5.41) is 4.10. The number of benzene rings is 2. The van der Waals surface area contributed by atoms with Crippen LogP contribution in [0.3, 0.4) is 0 Å². The molecule has 0 radical (unpaired) electrons. The molecule has 1 aliphatic rings. The van der Waals surface area contributed by atoms with Crippen LogP contribution in [-0.2, 0) is 13.6 Å². The highest BCUT2D eigenvalue weighted by Crippen LogP contribution is 2.32. The second-order valence-electron chi connectivity index (χ2n) is 5.92. The SMILES string of the molecule is Cc1c(C(=O)NCc2ccc3c(c2)OCO3)n(C)c2ccccc12. The average molecular weight is 322 g/mol. The fourth-order valence-corrected chi connectivity index (χ4v) is 3.22. The van der Waals surface area contributed by atoms with Crippen molar-refractivity contribution < 1.29 is 14.3 Å². The minimum Gasteiger partial charge on any atom is -0.454 e. The fourth-order valence-electron chi connectivity index (χ4n) is 3.22. The zero-order valence-corrected chi connectivity index (χ0v) is 13.6. The molecular weight excluding hydrogens is 304 g/mol. The third kappa shape index (κ3) is 2.29. The van der Waals surface area contributed by atoms with E-state index in [0.29, 0.717) is 12.2 Å². The number of ether oxygens (including phenoxy) is 2. The maximum absolute atomic E-state index is 12.7. The van der Waals surface area contributed by atoms with Gasteiger partial charge >= 0.3 is 0 Å². The third-order valence-electron chi connectivity index (χ3n) is 4.47. The van der Waals surface area contributed by atoms with Gasteiger partial charge in [0.25, 0.3) is 5.91 Å². The van der Waals surface area contributed by atoms with Gasteiger partial charge in [-0.25, -0.2) is 0 Å². The summed E-state index contributed by atoms with van der Waals surface area (Å²) < 4.78 is 12.6. The van der Waals surface area contributed by atoms with Crippen LogP contribution < -0.4 is 14.8 Å². The van der Waals surface area contributed by atoms with E-state index in [0.717, 1.165) is 33.5 Å². The predicted octanol–water partition coefficient (Wildman–Crippen LogP) is 3.15. The molecule has 5 nitrogen and oxygen atoms in total. The highest BCUT2D eigenvalue weighted by atomic mass is 16.7. The van der Waals surface area contributed by atoms with Gasteiger partial charge in [-0.1, -0.05) is 24.3 Å². The topological polar surface area (TPSA) is 52.5 Å². The molecule has 0 saturated heterocycles. The van der Waals surface area contributed by atoms with Gasteiger partial charge in [0.15, 0.2) is 11.5 Å². The molecule has 3 aromatic rings. The van der Waals surface area contributed by atoms with Crippen LogP contribution in [0.5, 0.6) is 11.5 Å². The van der Waals surface area contributed by atoms with Gasteiger partial charge in [-0.15, -0.1) is 0 Å². The van der Waals surface area contributed by atoms with Gasteiger partial charge < -0.3 is 19.4 Å².